The highest BCUT2D eigenvalue weighted by atomic mass is 16.3. The number of rotatable bonds is 6. The highest BCUT2D eigenvalue weighted by Crippen LogP contribution is 2.48. The van der Waals surface area contributed by atoms with Crippen LogP contribution >= 0.6 is 0 Å². The first-order chi connectivity index (χ1) is 28.8. The molecular formula is C54H34N2O2. The maximum atomic E-state index is 6.47. The summed E-state index contributed by atoms with van der Waals surface area (Å²) in [6.45, 7) is 0. The fourth-order valence-electron chi connectivity index (χ4n) is 9.02. The van der Waals surface area contributed by atoms with Gasteiger partial charge in [-0.2, -0.15) is 0 Å². The van der Waals surface area contributed by atoms with E-state index in [4.69, 9.17) is 8.83 Å². The van der Waals surface area contributed by atoms with Gasteiger partial charge >= 0.3 is 0 Å². The Bertz CT molecular complexity index is 3530. The second-order valence-electron chi connectivity index (χ2n) is 14.9. The van der Waals surface area contributed by atoms with Gasteiger partial charge in [-0.15, -0.1) is 0 Å². The van der Waals surface area contributed by atoms with Crippen LogP contribution in [0, 0.1) is 0 Å². The van der Waals surface area contributed by atoms with Gasteiger partial charge in [0.05, 0.1) is 11.4 Å². The van der Waals surface area contributed by atoms with Crippen LogP contribution in [0.15, 0.2) is 215 Å². The van der Waals surface area contributed by atoms with Crippen LogP contribution in [-0.4, -0.2) is 0 Å². The molecular weight excluding hydrogens is 709 g/mol. The second-order valence-corrected chi connectivity index (χ2v) is 14.9. The Morgan fingerprint density at radius 1 is 0.259 bits per heavy atom. The van der Waals surface area contributed by atoms with Gasteiger partial charge in [0.15, 0.2) is 0 Å². The molecule has 0 aliphatic carbocycles. The molecule has 0 bridgehead atoms. The quantitative estimate of drug-likeness (QED) is 0.159. The van der Waals surface area contributed by atoms with Gasteiger partial charge in [0.25, 0.3) is 0 Å². The standard InChI is InChI=1S/C54H34N2O2/c1-3-15-36(16-4-1)55(38-26-28-44-42-20-9-11-24-50(42)57-52(44)33-38)48-23-13-22-46-41(48)30-31-47-40-19-8-7-14-35(40)32-49(54(46)47)56(37-17-5-2-6-18-37)39-27-29-45-43-21-10-12-25-51(43)58-53(45)34-39/h1-34H. The summed E-state index contributed by atoms with van der Waals surface area (Å²) in [5.41, 5.74) is 9.83. The predicted octanol–water partition coefficient (Wildman–Crippen LogP) is 15.9. The summed E-state index contributed by atoms with van der Waals surface area (Å²) < 4.78 is 12.9. The number of para-hydroxylation sites is 4. The van der Waals surface area contributed by atoms with Crippen molar-refractivity contribution in [3.05, 3.63) is 206 Å². The summed E-state index contributed by atoms with van der Waals surface area (Å²) in [6, 6.07) is 73.3. The molecule has 0 spiro atoms. The first kappa shape index (κ1) is 32.4. The van der Waals surface area contributed by atoms with Crippen LogP contribution in [0.25, 0.3) is 76.2 Å². The van der Waals surface area contributed by atoms with Gasteiger partial charge in [0, 0.05) is 67.2 Å². The van der Waals surface area contributed by atoms with Gasteiger partial charge in [-0.1, -0.05) is 121 Å². The van der Waals surface area contributed by atoms with Crippen LogP contribution in [0.3, 0.4) is 0 Å². The van der Waals surface area contributed by atoms with Crippen LogP contribution in [0.2, 0.25) is 0 Å². The number of fused-ring (bicyclic) bond motifs is 11. The first-order valence-electron chi connectivity index (χ1n) is 19.7. The van der Waals surface area contributed by atoms with E-state index < -0.39 is 0 Å². The molecule has 0 saturated carbocycles. The maximum absolute atomic E-state index is 6.47. The van der Waals surface area contributed by atoms with Crippen LogP contribution in [-0.2, 0) is 0 Å². The summed E-state index contributed by atoms with van der Waals surface area (Å²) in [7, 11) is 0. The van der Waals surface area contributed by atoms with Crippen LogP contribution in [0.4, 0.5) is 34.1 Å². The molecule has 4 nitrogen and oxygen atoms in total. The van der Waals surface area contributed by atoms with Crippen molar-refractivity contribution >= 4 is 110 Å². The number of anilines is 6. The van der Waals surface area contributed by atoms with E-state index in [0.717, 1.165) is 88.8 Å². The molecule has 12 aromatic rings. The zero-order chi connectivity index (χ0) is 38.2. The molecule has 58 heavy (non-hydrogen) atoms. The lowest BCUT2D eigenvalue weighted by Gasteiger charge is -2.29. The maximum Gasteiger partial charge on any atom is 0.137 e. The molecule has 0 N–H and O–H groups in total. The molecule has 272 valence electrons. The summed E-state index contributed by atoms with van der Waals surface area (Å²) in [5, 5.41) is 11.5. The van der Waals surface area contributed by atoms with Gasteiger partial charge in [-0.25, -0.2) is 0 Å². The van der Waals surface area contributed by atoms with Crippen molar-refractivity contribution in [3.8, 4) is 0 Å². The van der Waals surface area contributed by atoms with Crippen molar-refractivity contribution in [3.63, 3.8) is 0 Å². The highest BCUT2D eigenvalue weighted by molar-refractivity contribution is 6.25. The topological polar surface area (TPSA) is 32.8 Å². The lowest BCUT2D eigenvalue weighted by molar-refractivity contribution is 0.668. The lowest BCUT2D eigenvalue weighted by Crippen LogP contribution is -2.11. The molecule has 0 fully saturated rings. The van der Waals surface area contributed by atoms with Crippen molar-refractivity contribution in [2.24, 2.45) is 0 Å². The highest BCUT2D eigenvalue weighted by Gasteiger charge is 2.23. The number of furan rings is 2. The molecule has 0 radical (unpaired) electrons. The summed E-state index contributed by atoms with van der Waals surface area (Å²) in [5.74, 6) is 0. The predicted molar refractivity (Wildman–Crippen MR) is 243 cm³/mol. The summed E-state index contributed by atoms with van der Waals surface area (Å²) >= 11 is 0. The Morgan fingerprint density at radius 2 is 0.707 bits per heavy atom. The molecule has 0 amide bonds. The first-order valence-corrected chi connectivity index (χ1v) is 19.7. The fourth-order valence-corrected chi connectivity index (χ4v) is 9.02. The molecule has 12 rings (SSSR count). The van der Waals surface area contributed by atoms with Gasteiger partial charge in [-0.3, -0.25) is 0 Å². The number of hydrogen-bond acceptors (Lipinski definition) is 4. The third kappa shape index (κ3) is 5.02. The molecule has 0 aliphatic heterocycles. The van der Waals surface area contributed by atoms with E-state index in [-0.39, 0.29) is 0 Å². The Labute approximate surface area is 334 Å². The van der Waals surface area contributed by atoms with Crippen molar-refractivity contribution < 1.29 is 8.83 Å². The number of hydrogen-bond donors (Lipinski definition) is 0. The van der Waals surface area contributed by atoms with Gasteiger partial charge < -0.3 is 18.6 Å². The van der Waals surface area contributed by atoms with Crippen molar-refractivity contribution in [1.82, 2.24) is 0 Å². The number of nitrogens with zero attached hydrogens (tertiary/aromatic N) is 2. The zero-order valence-corrected chi connectivity index (χ0v) is 31.3. The Hall–Kier alpha value is -7.82. The van der Waals surface area contributed by atoms with Crippen LogP contribution in [0.1, 0.15) is 0 Å². The molecule has 0 atom stereocenters. The van der Waals surface area contributed by atoms with Crippen LogP contribution < -0.4 is 9.80 Å². The molecule has 2 aromatic heterocycles. The average molecular weight is 743 g/mol. The smallest absolute Gasteiger partial charge is 0.137 e. The largest absolute Gasteiger partial charge is 0.456 e. The minimum atomic E-state index is 0.858. The van der Waals surface area contributed by atoms with E-state index in [9.17, 15) is 0 Å². The molecule has 4 heteroatoms. The van der Waals surface area contributed by atoms with E-state index in [1.54, 1.807) is 0 Å². The van der Waals surface area contributed by atoms with Gasteiger partial charge in [-0.05, 0) is 94.3 Å². The van der Waals surface area contributed by atoms with Crippen molar-refractivity contribution in [1.29, 1.82) is 0 Å². The monoisotopic (exact) mass is 742 g/mol. The van der Waals surface area contributed by atoms with Crippen molar-refractivity contribution in [2.45, 2.75) is 0 Å². The number of benzene rings is 10. The third-order valence-electron chi connectivity index (χ3n) is 11.6. The van der Waals surface area contributed by atoms with Gasteiger partial charge in [0.2, 0.25) is 0 Å². The zero-order valence-electron chi connectivity index (χ0n) is 31.3. The van der Waals surface area contributed by atoms with E-state index in [1.165, 1.54) is 21.5 Å². The van der Waals surface area contributed by atoms with Crippen LogP contribution in [0.5, 0.6) is 0 Å². The lowest BCUT2D eigenvalue weighted by atomic mass is 9.93. The fraction of sp³-hybridized carbons (Fsp3) is 0. The molecule has 0 unspecified atom stereocenters. The van der Waals surface area contributed by atoms with E-state index in [1.807, 2.05) is 24.3 Å². The summed E-state index contributed by atoms with van der Waals surface area (Å²) in [6.07, 6.45) is 0. The minimum Gasteiger partial charge on any atom is -0.456 e. The Kier molecular flexibility index (Phi) is 7.20. The molecule has 2 heterocycles. The Morgan fingerprint density at radius 3 is 1.33 bits per heavy atom. The average Bonchev–Trinajstić information content (AvgIpc) is 3.85. The Balaban J connectivity index is 1.14. The SMILES string of the molecule is c1ccc(N(c2ccc3c(c2)oc2ccccc23)c2cccc3c2ccc2c4ccccc4cc(N(c4ccccc4)c4ccc5c(c4)oc4ccccc45)c32)cc1. The third-order valence-corrected chi connectivity index (χ3v) is 11.6. The molecule has 0 aliphatic rings. The van der Waals surface area contributed by atoms with E-state index in [0.29, 0.717) is 0 Å². The normalized spacial score (nSPS) is 11.8. The summed E-state index contributed by atoms with van der Waals surface area (Å²) in [4.78, 5) is 4.74. The molecule has 10 aromatic carbocycles. The molecule has 0 saturated heterocycles. The van der Waals surface area contributed by atoms with E-state index in [2.05, 4.69) is 192 Å². The minimum absolute atomic E-state index is 0.858. The van der Waals surface area contributed by atoms with Gasteiger partial charge in [0.1, 0.15) is 22.3 Å². The van der Waals surface area contributed by atoms with E-state index >= 15 is 0 Å². The second kappa shape index (κ2) is 12.9. The van der Waals surface area contributed by atoms with Crippen molar-refractivity contribution in [2.75, 3.05) is 9.80 Å².